The number of aromatic nitrogens is 3. The van der Waals surface area contributed by atoms with E-state index in [0.29, 0.717) is 0 Å². The zero-order chi connectivity index (χ0) is 10.8. The maximum atomic E-state index is 4.42. The first-order valence-electron chi connectivity index (χ1n) is 5.06. The summed E-state index contributed by atoms with van der Waals surface area (Å²) in [5.74, 6) is 1.91. The highest BCUT2D eigenvalue weighted by Gasteiger charge is 2.11. The quantitative estimate of drug-likeness (QED) is 0.791. The molecule has 0 aliphatic rings. The number of nitrogens with one attached hydrogen (secondary N) is 1. The zero-order valence-corrected chi connectivity index (χ0v) is 9.76. The van der Waals surface area contributed by atoms with E-state index in [-0.39, 0.29) is 5.54 Å². The summed E-state index contributed by atoms with van der Waals surface area (Å²) in [6.07, 6.45) is 0.892. The van der Waals surface area contributed by atoms with Gasteiger partial charge in [0.1, 0.15) is 5.82 Å². The molecule has 1 N–H and O–H groups in total. The first kappa shape index (κ1) is 11.2. The van der Waals surface area contributed by atoms with Gasteiger partial charge in [-0.2, -0.15) is 5.10 Å². The largest absolute Gasteiger partial charge is 0.305 e. The van der Waals surface area contributed by atoms with Gasteiger partial charge in [-0.05, 0) is 20.8 Å². The van der Waals surface area contributed by atoms with E-state index < -0.39 is 0 Å². The second kappa shape index (κ2) is 4.09. The van der Waals surface area contributed by atoms with Gasteiger partial charge in [0.2, 0.25) is 0 Å². The molecule has 0 amide bonds. The summed E-state index contributed by atoms with van der Waals surface area (Å²) in [6.45, 7) is 9.27. The maximum Gasteiger partial charge on any atom is 0.150 e. The van der Waals surface area contributed by atoms with Crippen LogP contribution < -0.4 is 5.32 Å². The molecule has 0 aliphatic carbocycles. The van der Waals surface area contributed by atoms with Gasteiger partial charge in [-0.3, -0.25) is 4.68 Å². The molecule has 4 heteroatoms. The highest BCUT2D eigenvalue weighted by molar-refractivity contribution is 4.93. The molecule has 80 valence electrons. The van der Waals surface area contributed by atoms with Crippen molar-refractivity contribution < 1.29 is 0 Å². The Morgan fingerprint density at radius 3 is 2.43 bits per heavy atom. The van der Waals surface area contributed by atoms with Crippen LogP contribution in [0.15, 0.2) is 0 Å². The van der Waals surface area contributed by atoms with Gasteiger partial charge in [0.25, 0.3) is 0 Å². The Kier molecular flexibility index (Phi) is 3.26. The summed E-state index contributed by atoms with van der Waals surface area (Å²) in [7, 11) is 1.94. The molecule has 0 radical (unpaired) electrons. The average molecular weight is 196 g/mol. The summed E-state index contributed by atoms with van der Waals surface area (Å²) in [5.41, 5.74) is 0.123. The van der Waals surface area contributed by atoms with Crippen LogP contribution in [0.5, 0.6) is 0 Å². The van der Waals surface area contributed by atoms with Crippen molar-refractivity contribution in [3.63, 3.8) is 0 Å². The molecular formula is C10H20N4. The molecular weight excluding hydrogens is 176 g/mol. The molecule has 0 fully saturated rings. The number of aryl methyl sites for hydroxylation is 2. The summed E-state index contributed by atoms with van der Waals surface area (Å²) in [5, 5.41) is 7.69. The Morgan fingerprint density at radius 1 is 1.36 bits per heavy atom. The predicted molar refractivity (Wildman–Crippen MR) is 57.0 cm³/mol. The van der Waals surface area contributed by atoms with Crippen LogP contribution in [0.1, 0.15) is 39.3 Å². The van der Waals surface area contributed by atoms with E-state index in [0.717, 1.165) is 24.6 Å². The van der Waals surface area contributed by atoms with Gasteiger partial charge >= 0.3 is 0 Å². The van der Waals surface area contributed by atoms with Crippen LogP contribution in [-0.2, 0) is 20.0 Å². The minimum Gasteiger partial charge on any atom is -0.305 e. The number of nitrogens with zero attached hydrogens (tertiary/aromatic N) is 3. The lowest BCUT2D eigenvalue weighted by molar-refractivity contribution is 0.412. The van der Waals surface area contributed by atoms with Crippen molar-refractivity contribution >= 4 is 0 Å². The number of rotatable bonds is 3. The van der Waals surface area contributed by atoms with E-state index in [4.69, 9.17) is 0 Å². The van der Waals surface area contributed by atoms with E-state index >= 15 is 0 Å². The molecule has 0 saturated heterocycles. The lowest BCUT2D eigenvalue weighted by atomic mass is 10.1. The summed E-state index contributed by atoms with van der Waals surface area (Å²) in [6, 6.07) is 0. The van der Waals surface area contributed by atoms with Gasteiger partial charge in [-0.1, -0.05) is 6.92 Å². The maximum absolute atomic E-state index is 4.42. The molecule has 0 bridgehead atoms. The van der Waals surface area contributed by atoms with Crippen LogP contribution in [0.2, 0.25) is 0 Å². The van der Waals surface area contributed by atoms with Gasteiger partial charge in [-0.25, -0.2) is 4.98 Å². The summed E-state index contributed by atoms with van der Waals surface area (Å²) < 4.78 is 1.84. The van der Waals surface area contributed by atoms with Gasteiger partial charge in [-0.15, -0.1) is 0 Å². The smallest absolute Gasteiger partial charge is 0.150 e. The molecule has 1 heterocycles. The molecule has 0 atom stereocenters. The van der Waals surface area contributed by atoms with Crippen molar-refractivity contribution in [2.24, 2.45) is 7.05 Å². The Balaban J connectivity index is 2.63. The Bertz CT molecular complexity index is 296. The van der Waals surface area contributed by atoms with Crippen molar-refractivity contribution in [1.82, 2.24) is 20.1 Å². The minimum atomic E-state index is 0.123. The van der Waals surface area contributed by atoms with Gasteiger partial charge in [0, 0.05) is 19.0 Å². The van der Waals surface area contributed by atoms with E-state index in [1.165, 1.54) is 0 Å². The van der Waals surface area contributed by atoms with Crippen molar-refractivity contribution in [2.75, 3.05) is 0 Å². The first-order chi connectivity index (χ1) is 6.42. The molecule has 0 spiro atoms. The van der Waals surface area contributed by atoms with Crippen LogP contribution in [0.25, 0.3) is 0 Å². The SMILES string of the molecule is CCc1nc(CNC(C)(C)C)n(C)n1. The van der Waals surface area contributed by atoms with E-state index in [2.05, 4.69) is 43.1 Å². The van der Waals surface area contributed by atoms with Crippen LogP contribution in [-0.4, -0.2) is 20.3 Å². The molecule has 4 nitrogen and oxygen atoms in total. The van der Waals surface area contributed by atoms with Crippen LogP contribution in [0.3, 0.4) is 0 Å². The molecule has 1 rings (SSSR count). The van der Waals surface area contributed by atoms with Gasteiger partial charge in [0.05, 0.1) is 6.54 Å². The Hall–Kier alpha value is -0.900. The standard InChI is InChI=1S/C10H20N4/c1-6-8-12-9(14(5)13-8)7-11-10(2,3)4/h11H,6-7H2,1-5H3. The summed E-state index contributed by atoms with van der Waals surface area (Å²) >= 11 is 0. The second-order valence-electron chi connectivity index (χ2n) is 4.52. The topological polar surface area (TPSA) is 42.7 Å². The lowest BCUT2D eigenvalue weighted by Crippen LogP contribution is -2.35. The lowest BCUT2D eigenvalue weighted by Gasteiger charge is -2.19. The van der Waals surface area contributed by atoms with Gasteiger partial charge < -0.3 is 5.32 Å². The van der Waals surface area contributed by atoms with Crippen LogP contribution in [0.4, 0.5) is 0 Å². The number of hydrogen-bond donors (Lipinski definition) is 1. The monoisotopic (exact) mass is 196 g/mol. The summed E-state index contributed by atoms with van der Waals surface area (Å²) in [4.78, 5) is 4.42. The zero-order valence-electron chi connectivity index (χ0n) is 9.76. The average Bonchev–Trinajstić information content (AvgIpc) is 2.42. The van der Waals surface area contributed by atoms with Gasteiger partial charge in [0.15, 0.2) is 5.82 Å². The molecule has 0 saturated carbocycles. The normalized spacial score (nSPS) is 12.1. The third kappa shape index (κ3) is 3.10. The highest BCUT2D eigenvalue weighted by atomic mass is 15.3. The Labute approximate surface area is 85.7 Å². The van der Waals surface area contributed by atoms with Crippen LogP contribution in [0, 0.1) is 0 Å². The predicted octanol–water partition coefficient (Wildman–Crippen LogP) is 1.27. The van der Waals surface area contributed by atoms with Crippen molar-refractivity contribution in [3.8, 4) is 0 Å². The fourth-order valence-electron chi connectivity index (χ4n) is 1.12. The molecule has 0 aliphatic heterocycles. The molecule has 14 heavy (non-hydrogen) atoms. The fraction of sp³-hybridized carbons (Fsp3) is 0.800. The van der Waals surface area contributed by atoms with Crippen molar-refractivity contribution in [2.45, 2.75) is 46.2 Å². The van der Waals surface area contributed by atoms with E-state index in [9.17, 15) is 0 Å². The van der Waals surface area contributed by atoms with E-state index in [1.54, 1.807) is 0 Å². The molecule has 0 unspecified atom stereocenters. The Morgan fingerprint density at radius 2 is 2.00 bits per heavy atom. The van der Waals surface area contributed by atoms with Crippen molar-refractivity contribution in [3.05, 3.63) is 11.6 Å². The van der Waals surface area contributed by atoms with Crippen molar-refractivity contribution in [1.29, 1.82) is 0 Å². The minimum absolute atomic E-state index is 0.123. The molecule has 1 aromatic rings. The third-order valence-electron chi connectivity index (χ3n) is 1.99. The number of hydrogen-bond acceptors (Lipinski definition) is 3. The van der Waals surface area contributed by atoms with Crippen LogP contribution >= 0.6 is 0 Å². The fourth-order valence-corrected chi connectivity index (χ4v) is 1.12. The highest BCUT2D eigenvalue weighted by Crippen LogP contribution is 2.02. The van der Waals surface area contributed by atoms with E-state index in [1.807, 2.05) is 11.7 Å². The molecule has 0 aromatic carbocycles. The molecule has 1 aromatic heterocycles. The third-order valence-corrected chi connectivity index (χ3v) is 1.99. The first-order valence-corrected chi connectivity index (χ1v) is 5.06. The second-order valence-corrected chi connectivity index (χ2v) is 4.52.